The first kappa shape index (κ1) is 12.2. The molecule has 0 amide bonds. The fraction of sp³-hybridized carbons (Fsp3) is 0.286. The van der Waals surface area contributed by atoms with Crippen molar-refractivity contribution in [3.05, 3.63) is 47.3 Å². The van der Waals surface area contributed by atoms with Crippen LogP contribution in [0.5, 0.6) is 5.75 Å². The third-order valence-electron chi connectivity index (χ3n) is 2.86. The average molecular weight is 241 g/mol. The first-order valence-corrected chi connectivity index (χ1v) is 5.81. The average Bonchev–Trinajstić information content (AvgIpc) is 2.77. The van der Waals surface area contributed by atoms with E-state index in [1.165, 1.54) is 0 Å². The second-order valence-corrected chi connectivity index (χ2v) is 4.14. The van der Waals surface area contributed by atoms with Crippen LogP contribution in [0.3, 0.4) is 0 Å². The maximum Gasteiger partial charge on any atom is 0.123 e. The van der Waals surface area contributed by atoms with E-state index in [4.69, 9.17) is 10.00 Å². The van der Waals surface area contributed by atoms with Crippen molar-refractivity contribution in [1.29, 1.82) is 5.26 Å². The van der Waals surface area contributed by atoms with Gasteiger partial charge in [-0.1, -0.05) is 6.07 Å². The van der Waals surface area contributed by atoms with Crippen LogP contribution in [-0.4, -0.2) is 16.4 Å². The monoisotopic (exact) mass is 241 g/mol. The Kier molecular flexibility index (Phi) is 3.63. The highest BCUT2D eigenvalue weighted by Crippen LogP contribution is 2.19. The summed E-state index contributed by atoms with van der Waals surface area (Å²) in [5.74, 6) is 0.774. The summed E-state index contributed by atoms with van der Waals surface area (Å²) < 4.78 is 7.55. The molecule has 0 atom stereocenters. The first-order chi connectivity index (χ1) is 8.70. The van der Waals surface area contributed by atoms with Crippen molar-refractivity contribution >= 4 is 0 Å². The molecule has 0 aliphatic carbocycles. The Morgan fingerprint density at radius 2 is 2.22 bits per heavy atom. The van der Waals surface area contributed by atoms with Gasteiger partial charge in [0.2, 0.25) is 0 Å². The van der Waals surface area contributed by atoms with Gasteiger partial charge in [0, 0.05) is 25.4 Å². The van der Waals surface area contributed by atoms with Gasteiger partial charge < -0.3 is 4.74 Å². The summed E-state index contributed by atoms with van der Waals surface area (Å²) in [4.78, 5) is 0. The zero-order valence-electron chi connectivity index (χ0n) is 10.6. The van der Waals surface area contributed by atoms with Crippen LogP contribution in [0.1, 0.15) is 16.8 Å². The van der Waals surface area contributed by atoms with E-state index in [0.29, 0.717) is 12.2 Å². The minimum absolute atomic E-state index is 0.579. The largest absolute Gasteiger partial charge is 0.493 e. The molecule has 0 bridgehead atoms. The molecule has 1 heterocycles. The Labute approximate surface area is 106 Å². The van der Waals surface area contributed by atoms with Crippen LogP contribution < -0.4 is 4.74 Å². The molecule has 0 fully saturated rings. The third kappa shape index (κ3) is 2.69. The van der Waals surface area contributed by atoms with Crippen molar-refractivity contribution in [1.82, 2.24) is 9.78 Å². The van der Waals surface area contributed by atoms with Gasteiger partial charge in [-0.15, -0.1) is 0 Å². The second kappa shape index (κ2) is 5.37. The third-order valence-corrected chi connectivity index (χ3v) is 2.86. The lowest BCUT2D eigenvalue weighted by Gasteiger charge is -2.09. The number of nitrogens with zero attached hydrogens (tertiary/aromatic N) is 3. The zero-order valence-corrected chi connectivity index (χ0v) is 10.6. The van der Waals surface area contributed by atoms with Crippen molar-refractivity contribution in [3.8, 4) is 11.8 Å². The molecule has 1 aromatic heterocycles. The van der Waals surface area contributed by atoms with Crippen LogP contribution >= 0.6 is 0 Å². The van der Waals surface area contributed by atoms with Gasteiger partial charge >= 0.3 is 0 Å². The topological polar surface area (TPSA) is 50.8 Å². The minimum Gasteiger partial charge on any atom is -0.493 e. The van der Waals surface area contributed by atoms with E-state index >= 15 is 0 Å². The number of hydrogen-bond donors (Lipinski definition) is 0. The SMILES string of the molecule is Cc1ccc(C#N)cc1OCCc1ccnn1C. The maximum atomic E-state index is 8.85. The first-order valence-electron chi connectivity index (χ1n) is 5.81. The van der Waals surface area contributed by atoms with E-state index < -0.39 is 0 Å². The van der Waals surface area contributed by atoms with Crippen LogP contribution in [0.4, 0.5) is 0 Å². The molecule has 0 spiro atoms. The number of hydrogen-bond acceptors (Lipinski definition) is 3. The zero-order chi connectivity index (χ0) is 13.0. The number of nitriles is 1. The Hall–Kier alpha value is -2.28. The van der Waals surface area contributed by atoms with E-state index in [2.05, 4.69) is 11.2 Å². The number of benzene rings is 1. The number of ether oxygens (including phenoxy) is 1. The fourth-order valence-electron chi connectivity index (χ4n) is 1.74. The highest BCUT2D eigenvalue weighted by molar-refractivity contribution is 5.41. The molecule has 0 radical (unpaired) electrons. The molecule has 4 heteroatoms. The molecule has 18 heavy (non-hydrogen) atoms. The predicted molar refractivity (Wildman–Crippen MR) is 68.3 cm³/mol. The molecule has 4 nitrogen and oxygen atoms in total. The quantitative estimate of drug-likeness (QED) is 0.824. The van der Waals surface area contributed by atoms with Crippen LogP contribution in [0.2, 0.25) is 0 Å². The Morgan fingerprint density at radius 1 is 1.39 bits per heavy atom. The van der Waals surface area contributed by atoms with E-state index in [1.807, 2.05) is 30.8 Å². The van der Waals surface area contributed by atoms with Crippen LogP contribution in [0.25, 0.3) is 0 Å². The van der Waals surface area contributed by atoms with Crippen molar-refractivity contribution in [2.24, 2.45) is 7.05 Å². The summed E-state index contributed by atoms with van der Waals surface area (Å²) in [5, 5.41) is 13.0. The molecule has 0 saturated heterocycles. The summed E-state index contributed by atoms with van der Waals surface area (Å²) in [6.07, 6.45) is 2.57. The molecule has 0 saturated carbocycles. The van der Waals surface area contributed by atoms with Gasteiger partial charge in [0.15, 0.2) is 0 Å². The second-order valence-electron chi connectivity index (χ2n) is 4.14. The standard InChI is InChI=1S/C14H15N3O/c1-11-3-4-12(10-15)9-14(11)18-8-6-13-5-7-16-17(13)2/h3-5,7,9H,6,8H2,1-2H3. The molecule has 1 aromatic carbocycles. The van der Waals surface area contributed by atoms with Crippen molar-refractivity contribution in [3.63, 3.8) is 0 Å². The van der Waals surface area contributed by atoms with E-state index in [-0.39, 0.29) is 0 Å². The van der Waals surface area contributed by atoms with Gasteiger partial charge in [0.25, 0.3) is 0 Å². The summed E-state index contributed by atoms with van der Waals surface area (Å²) in [5.41, 5.74) is 2.79. The minimum atomic E-state index is 0.579. The van der Waals surface area contributed by atoms with E-state index in [9.17, 15) is 0 Å². The highest BCUT2D eigenvalue weighted by atomic mass is 16.5. The summed E-state index contributed by atoms with van der Waals surface area (Å²) in [6, 6.07) is 9.56. The molecule has 2 aromatic rings. The van der Waals surface area contributed by atoms with Crippen LogP contribution in [0, 0.1) is 18.3 Å². The molecule has 0 aliphatic rings. The Bertz CT molecular complexity index is 581. The predicted octanol–water partition coefficient (Wildman–Crippen LogP) is 2.22. The van der Waals surface area contributed by atoms with Gasteiger partial charge in [-0.05, 0) is 30.7 Å². The van der Waals surface area contributed by atoms with Crippen molar-refractivity contribution in [2.75, 3.05) is 6.61 Å². The summed E-state index contributed by atoms with van der Waals surface area (Å²) in [6.45, 7) is 2.55. The number of rotatable bonds is 4. The van der Waals surface area contributed by atoms with Crippen molar-refractivity contribution in [2.45, 2.75) is 13.3 Å². The van der Waals surface area contributed by atoms with Gasteiger partial charge in [-0.3, -0.25) is 4.68 Å². The number of aryl methyl sites for hydroxylation is 2. The Morgan fingerprint density at radius 3 is 2.89 bits per heavy atom. The fourth-order valence-corrected chi connectivity index (χ4v) is 1.74. The highest BCUT2D eigenvalue weighted by Gasteiger charge is 2.03. The van der Waals surface area contributed by atoms with E-state index in [1.54, 1.807) is 18.3 Å². The van der Waals surface area contributed by atoms with Gasteiger partial charge in [-0.2, -0.15) is 10.4 Å². The summed E-state index contributed by atoms with van der Waals surface area (Å²) in [7, 11) is 1.91. The molecular weight excluding hydrogens is 226 g/mol. The molecule has 92 valence electrons. The Balaban J connectivity index is 1.98. The maximum absolute atomic E-state index is 8.85. The lowest BCUT2D eigenvalue weighted by molar-refractivity contribution is 0.316. The van der Waals surface area contributed by atoms with Gasteiger partial charge in [0.05, 0.1) is 18.2 Å². The normalized spacial score (nSPS) is 10.1. The molecule has 0 N–H and O–H groups in total. The molecule has 0 unspecified atom stereocenters. The lowest BCUT2D eigenvalue weighted by atomic mass is 10.1. The van der Waals surface area contributed by atoms with Crippen molar-refractivity contribution < 1.29 is 4.74 Å². The van der Waals surface area contributed by atoms with Crippen LogP contribution in [0.15, 0.2) is 30.5 Å². The smallest absolute Gasteiger partial charge is 0.123 e. The molecular formula is C14H15N3O. The molecule has 2 rings (SSSR count). The summed E-state index contributed by atoms with van der Waals surface area (Å²) >= 11 is 0. The number of aromatic nitrogens is 2. The lowest BCUT2D eigenvalue weighted by Crippen LogP contribution is -2.06. The molecule has 0 aliphatic heterocycles. The van der Waals surface area contributed by atoms with Gasteiger partial charge in [0.1, 0.15) is 5.75 Å². The van der Waals surface area contributed by atoms with E-state index in [0.717, 1.165) is 23.4 Å². The van der Waals surface area contributed by atoms with Crippen LogP contribution in [-0.2, 0) is 13.5 Å². The van der Waals surface area contributed by atoms with Gasteiger partial charge in [-0.25, -0.2) is 0 Å².